The van der Waals surface area contributed by atoms with Gasteiger partial charge >= 0.3 is 0 Å². The number of hydrogen-bond donors (Lipinski definition) is 2. The molecule has 5 heteroatoms. The van der Waals surface area contributed by atoms with Crippen LogP contribution in [0.5, 0.6) is 0 Å². The Bertz CT molecular complexity index is 396. The quantitative estimate of drug-likeness (QED) is 0.828. The molecule has 3 N–H and O–H groups in total. The zero-order chi connectivity index (χ0) is 13.0. The van der Waals surface area contributed by atoms with Crippen molar-refractivity contribution in [1.29, 1.82) is 0 Å². The number of carbonyl (C=O) groups is 1. The predicted molar refractivity (Wildman–Crippen MR) is 71.3 cm³/mol. The van der Waals surface area contributed by atoms with Gasteiger partial charge in [0.15, 0.2) is 0 Å². The second-order valence-electron chi connectivity index (χ2n) is 4.85. The highest BCUT2D eigenvalue weighted by Crippen LogP contribution is 2.09. The zero-order valence-electron chi connectivity index (χ0n) is 10.7. The third-order valence-corrected chi connectivity index (χ3v) is 3.19. The standard InChI is InChI=1S/C13H20N4O/c1-10-2-3-12(8-15-10)16-13(18)9-17-6-4-11(14)5-7-17/h2-3,8,11H,4-7,9,14H2,1H3,(H,16,18). The summed E-state index contributed by atoms with van der Waals surface area (Å²) in [6.07, 6.45) is 3.62. The van der Waals surface area contributed by atoms with Gasteiger partial charge in [-0.15, -0.1) is 0 Å². The molecule has 1 aliphatic rings. The summed E-state index contributed by atoms with van der Waals surface area (Å²) in [5, 5.41) is 2.85. The Morgan fingerprint density at radius 1 is 1.50 bits per heavy atom. The average molecular weight is 248 g/mol. The van der Waals surface area contributed by atoms with E-state index in [-0.39, 0.29) is 5.91 Å². The van der Waals surface area contributed by atoms with Gasteiger partial charge in [-0.1, -0.05) is 0 Å². The van der Waals surface area contributed by atoms with Gasteiger partial charge in [-0.05, 0) is 31.9 Å². The number of hydrogen-bond acceptors (Lipinski definition) is 4. The van der Waals surface area contributed by atoms with Crippen molar-refractivity contribution < 1.29 is 4.79 Å². The lowest BCUT2D eigenvalue weighted by Crippen LogP contribution is -2.43. The largest absolute Gasteiger partial charge is 0.328 e. The molecule has 1 aromatic rings. The summed E-state index contributed by atoms with van der Waals surface area (Å²) in [4.78, 5) is 18.1. The van der Waals surface area contributed by atoms with Crippen molar-refractivity contribution in [3.63, 3.8) is 0 Å². The number of nitrogens with one attached hydrogen (secondary N) is 1. The van der Waals surface area contributed by atoms with E-state index in [9.17, 15) is 4.79 Å². The van der Waals surface area contributed by atoms with E-state index in [1.165, 1.54) is 0 Å². The maximum atomic E-state index is 11.8. The van der Waals surface area contributed by atoms with Gasteiger partial charge in [0.25, 0.3) is 0 Å². The molecule has 0 radical (unpaired) electrons. The minimum atomic E-state index is 0.0103. The molecule has 98 valence electrons. The van der Waals surface area contributed by atoms with Crippen LogP contribution >= 0.6 is 0 Å². The third kappa shape index (κ3) is 3.78. The van der Waals surface area contributed by atoms with Crippen LogP contribution in [0.2, 0.25) is 0 Å². The van der Waals surface area contributed by atoms with E-state index in [4.69, 9.17) is 5.73 Å². The predicted octanol–water partition coefficient (Wildman–Crippen LogP) is 0.752. The van der Waals surface area contributed by atoms with Crippen LogP contribution in [-0.4, -0.2) is 41.5 Å². The number of likely N-dealkylation sites (tertiary alicyclic amines) is 1. The number of amides is 1. The second-order valence-corrected chi connectivity index (χ2v) is 4.85. The van der Waals surface area contributed by atoms with Crippen molar-refractivity contribution in [2.24, 2.45) is 5.73 Å². The number of nitrogens with two attached hydrogens (primary N) is 1. The SMILES string of the molecule is Cc1ccc(NC(=O)CN2CCC(N)CC2)cn1. The summed E-state index contributed by atoms with van der Waals surface area (Å²) in [5.41, 5.74) is 7.52. The molecule has 1 aromatic heterocycles. The maximum absolute atomic E-state index is 11.8. The highest BCUT2D eigenvalue weighted by Gasteiger charge is 2.18. The first-order valence-electron chi connectivity index (χ1n) is 6.34. The van der Waals surface area contributed by atoms with E-state index in [1.807, 2.05) is 19.1 Å². The van der Waals surface area contributed by atoms with Crippen LogP contribution in [0.1, 0.15) is 18.5 Å². The molecule has 1 aliphatic heterocycles. The van der Waals surface area contributed by atoms with Crippen LogP contribution in [0.4, 0.5) is 5.69 Å². The molecule has 1 amide bonds. The van der Waals surface area contributed by atoms with Crippen LogP contribution in [0.3, 0.4) is 0 Å². The van der Waals surface area contributed by atoms with Gasteiger partial charge in [-0.3, -0.25) is 14.7 Å². The normalized spacial score (nSPS) is 17.7. The number of piperidine rings is 1. The van der Waals surface area contributed by atoms with Crippen LogP contribution in [0, 0.1) is 6.92 Å². The monoisotopic (exact) mass is 248 g/mol. The van der Waals surface area contributed by atoms with Gasteiger partial charge in [0.05, 0.1) is 18.4 Å². The zero-order valence-corrected chi connectivity index (χ0v) is 10.7. The maximum Gasteiger partial charge on any atom is 0.238 e. The minimum absolute atomic E-state index is 0.0103. The molecule has 1 fully saturated rings. The second kappa shape index (κ2) is 5.93. The highest BCUT2D eigenvalue weighted by molar-refractivity contribution is 5.92. The Labute approximate surface area is 107 Å². The Kier molecular flexibility index (Phi) is 4.28. The smallest absolute Gasteiger partial charge is 0.238 e. The van der Waals surface area contributed by atoms with E-state index in [2.05, 4.69) is 15.2 Å². The third-order valence-electron chi connectivity index (χ3n) is 3.19. The first-order chi connectivity index (χ1) is 8.63. The summed E-state index contributed by atoms with van der Waals surface area (Å²) in [7, 11) is 0. The molecule has 0 aliphatic carbocycles. The van der Waals surface area contributed by atoms with Crippen molar-refractivity contribution in [2.45, 2.75) is 25.8 Å². The Morgan fingerprint density at radius 3 is 2.83 bits per heavy atom. The number of pyridine rings is 1. The number of anilines is 1. The molecule has 0 saturated carbocycles. The fraction of sp³-hybridized carbons (Fsp3) is 0.538. The fourth-order valence-electron chi connectivity index (χ4n) is 2.06. The van der Waals surface area contributed by atoms with Gasteiger partial charge in [0, 0.05) is 24.8 Å². The summed E-state index contributed by atoms with van der Waals surface area (Å²) >= 11 is 0. The molecule has 0 aromatic carbocycles. The lowest BCUT2D eigenvalue weighted by atomic mass is 10.1. The molecule has 18 heavy (non-hydrogen) atoms. The lowest BCUT2D eigenvalue weighted by Gasteiger charge is -2.29. The van der Waals surface area contributed by atoms with Crippen LogP contribution in [0.15, 0.2) is 18.3 Å². The molecular formula is C13H20N4O. The first-order valence-corrected chi connectivity index (χ1v) is 6.34. The van der Waals surface area contributed by atoms with Gasteiger partial charge in [-0.25, -0.2) is 0 Å². The Balaban J connectivity index is 1.80. The topological polar surface area (TPSA) is 71.2 Å². The van der Waals surface area contributed by atoms with Crippen LogP contribution in [-0.2, 0) is 4.79 Å². The Hall–Kier alpha value is -1.46. The number of aromatic nitrogens is 1. The van der Waals surface area contributed by atoms with E-state index in [1.54, 1.807) is 6.20 Å². The fourth-order valence-corrected chi connectivity index (χ4v) is 2.06. The van der Waals surface area contributed by atoms with Crippen molar-refractivity contribution in [2.75, 3.05) is 25.0 Å². The number of rotatable bonds is 3. The van der Waals surface area contributed by atoms with E-state index >= 15 is 0 Å². The van der Waals surface area contributed by atoms with Crippen molar-refractivity contribution in [3.8, 4) is 0 Å². The van der Waals surface area contributed by atoms with Gasteiger partial charge in [-0.2, -0.15) is 0 Å². The molecule has 0 atom stereocenters. The number of aryl methyl sites for hydroxylation is 1. The van der Waals surface area contributed by atoms with E-state index < -0.39 is 0 Å². The summed E-state index contributed by atoms with van der Waals surface area (Å²) in [6.45, 7) is 4.16. The average Bonchev–Trinajstić information content (AvgIpc) is 2.35. The van der Waals surface area contributed by atoms with Crippen molar-refractivity contribution in [3.05, 3.63) is 24.0 Å². The highest BCUT2D eigenvalue weighted by atomic mass is 16.2. The lowest BCUT2D eigenvalue weighted by molar-refractivity contribution is -0.117. The number of nitrogens with zero attached hydrogens (tertiary/aromatic N) is 2. The molecule has 2 rings (SSSR count). The molecule has 5 nitrogen and oxygen atoms in total. The molecule has 0 bridgehead atoms. The van der Waals surface area contributed by atoms with Gasteiger partial charge < -0.3 is 11.1 Å². The van der Waals surface area contributed by atoms with Gasteiger partial charge in [0.2, 0.25) is 5.91 Å². The molecule has 0 unspecified atom stereocenters. The van der Waals surface area contributed by atoms with Crippen molar-refractivity contribution >= 4 is 11.6 Å². The molecule has 2 heterocycles. The van der Waals surface area contributed by atoms with E-state index in [0.29, 0.717) is 12.6 Å². The number of carbonyl (C=O) groups excluding carboxylic acids is 1. The summed E-state index contributed by atoms with van der Waals surface area (Å²) in [5.74, 6) is 0.0103. The molecular weight excluding hydrogens is 228 g/mol. The summed E-state index contributed by atoms with van der Waals surface area (Å²) in [6, 6.07) is 4.05. The molecule has 1 saturated heterocycles. The minimum Gasteiger partial charge on any atom is -0.328 e. The van der Waals surface area contributed by atoms with Crippen molar-refractivity contribution in [1.82, 2.24) is 9.88 Å². The van der Waals surface area contributed by atoms with Crippen LogP contribution < -0.4 is 11.1 Å². The first kappa shape index (κ1) is 13.0. The van der Waals surface area contributed by atoms with Crippen LogP contribution in [0.25, 0.3) is 0 Å². The summed E-state index contributed by atoms with van der Waals surface area (Å²) < 4.78 is 0. The van der Waals surface area contributed by atoms with E-state index in [0.717, 1.165) is 37.3 Å². The molecule has 0 spiro atoms. The Morgan fingerprint density at radius 2 is 2.22 bits per heavy atom. The van der Waals surface area contributed by atoms with Gasteiger partial charge in [0.1, 0.15) is 0 Å².